The topological polar surface area (TPSA) is 87.2 Å². The van der Waals surface area contributed by atoms with Crippen molar-refractivity contribution in [2.45, 2.75) is 11.0 Å². The molecule has 3 rings (SSSR count). The molecule has 2 aromatic heterocycles. The van der Waals surface area contributed by atoms with Gasteiger partial charge in [-0.05, 0) is 6.07 Å². The van der Waals surface area contributed by atoms with Crippen molar-refractivity contribution >= 4 is 23.9 Å². The van der Waals surface area contributed by atoms with Gasteiger partial charge in [0, 0.05) is 6.20 Å². The molecule has 0 bridgehead atoms. The van der Waals surface area contributed by atoms with Gasteiger partial charge in [-0.25, -0.2) is 26.7 Å². The predicted molar refractivity (Wildman–Crippen MR) is 88.7 cm³/mol. The van der Waals surface area contributed by atoms with E-state index in [0.717, 1.165) is 22.8 Å². The quantitative estimate of drug-likeness (QED) is 0.149. The molecule has 1 aromatic carbocycles. The Morgan fingerprint density at radius 1 is 1.17 bits per heavy atom. The molecule has 0 radical (unpaired) electrons. The second-order valence-corrected chi connectivity index (χ2v) is 6.10. The molecule has 3 aromatic rings. The van der Waals surface area contributed by atoms with Gasteiger partial charge in [0.25, 0.3) is 0 Å². The van der Waals surface area contributed by atoms with E-state index < -0.39 is 40.6 Å². The lowest BCUT2D eigenvalue weighted by atomic mass is 10.2. The summed E-state index contributed by atoms with van der Waals surface area (Å²) in [7, 11) is 1.21. The minimum Gasteiger partial charge on any atom is -0.464 e. The van der Waals surface area contributed by atoms with Crippen molar-refractivity contribution in [3.05, 3.63) is 58.9 Å². The number of methoxy groups -OCH3 is 1. The van der Waals surface area contributed by atoms with Crippen LogP contribution in [0, 0.1) is 29.1 Å². The molecule has 29 heavy (non-hydrogen) atoms. The Bertz CT molecular complexity index is 1070. The molecule has 2 heterocycles. The minimum absolute atomic E-state index is 0.0823. The van der Waals surface area contributed by atoms with Gasteiger partial charge < -0.3 is 4.74 Å². The van der Waals surface area contributed by atoms with Crippen LogP contribution in [0.2, 0.25) is 0 Å². The average molecular weight is 432 g/mol. The van der Waals surface area contributed by atoms with Gasteiger partial charge in [-0.3, -0.25) is 4.68 Å². The van der Waals surface area contributed by atoms with Crippen LogP contribution in [0.5, 0.6) is 0 Å². The normalized spacial score (nSPS) is 11.4. The zero-order valence-electron chi connectivity index (χ0n) is 14.3. The fraction of sp³-hybridized carbons (Fsp3) is 0.133. The Hall–Kier alpha value is -3.29. The number of nitrogens with zero attached hydrogens (tertiary/aromatic N) is 6. The second-order valence-electron chi connectivity index (χ2n) is 5.19. The third-order valence-electron chi connectivity index (χ3n) is 3.42. The summed E-state index contributed by atoms with van der Waals surface area (Å²) in [5.41, 5.74) is -1.13. The van der Waals surface area contributed by atoms with E-state index in [1.807, 2.05) is 0 Å². The van der Waals surface area contributed by atoms with E-state index in [4.69, 9.17) is 0 Å². The lowest BCUT2D eigenvalue weighted by molar-refractivity contribution is 0.0593. The maximum atomic E-state index is 13.7. The van der Waals surface area contributed by atoms with E-state index in [0.29, 0.717) is 6.21 Å². The van der Waals surface area contributed by atoms with E-state index in [9.17, 15) is 26.7 Å². The molecule has 0 amide bonds. The highest BCUT2D eigenvalue weighted by molar-refractivity contribution is 7.98. The third kappa shape index (κ3) is 4.11. The van der Waals surface area contributed by atoms with E-state index in [-0.39, 0.29) is 16.7 Å². The highest BCUT2D eigenvalue weighted by Crippen LogP contribution is 2.22. The highest BCUT2D eigenvalue weighted by atomic mass is 32.2. The molecular weight excluding hydrogens is 423 g/mol. The fourth-order valence-corrected chi connectivity index (χ4v) is 2.74. The molecule has 0 aliphatic heterocycles. The summed E-state index contributed by atoms with van der Waals surface area (Å²) in [6.45, 7) is 0. The van der Waals surface area contributed by atoms with Crippen LogP contribution in [0.3, 0.4) is 0 Å². The van der Waals surface area contributed by atoms with Gasteiger partial charge in [0.2, 0.25) is 11.0 Å². The molecule has 0 saturated heterocycles. The van der Waals surface area contributed by atoms with Gasteiger partial charge in [-0.2, -0.15) is 14.9 Å². The molecule has 0 aliphatic carbocycles. The molecule has 0 atom stereocenters. The fourth-order valence-electron chi connectivity index (χ4n) is 2.02. The number of carbonyl (C=O) groups is 1. The smallest absolute Gasteiger partial charge is 0.358 e. The molecule has 8 nitrogen and oxygen atoms in total. The molecule has 14 heteroatoms. The lowest BCUT2D eigenvalue weighted by Gasteiger charge is -2.04. The maximum absolute atomic E-state index is 13.7. The molecule has 0 aliphatic rings. The number of hydrogen-bond acceptors (Lipinski definition) is 7. The number of carbonyl (C=O) groups excluding carboxylic acids is 1. The van der Waals surface area contributed by atoms with Crippen LogP contribution in [0.25, 0.3) is 0 Å². The van der Waals surface area contributed by atoms with Crippen LogP contribution >= 0.6 is 11.8 Å². The number of aromatic nitrogens is 5. The largest absolute Gasteiger partial charge is 0.464 e. The minimum atomic E-state index is -2.26. The van der Waals surface area contributed by atoms with E-state index >= 15 is 0 Å². The molecule has 0 fully saturated rings. The zero-order valence-corrected chi connectivity index (χ0v) is 15.1. The van der Waals surface area contributed by atoms with Crippen LogP contribution in [-0.2, 0) is 10.6 Å². The Kier molecular flexibility index (Phi) is 5.91. The van der Waals surface area contributed by atoms with Crippen LogP contribution < -0.4 is 0 Å². The van der Waals surface area contributed by atoms with E-state index in [1.54, 1.807) is 0 Å². The van der Waals surface area contributed by atoms with Gasteiger partial charge >= 0.3 is 5.97 Å². The molecule has 0 spiro atoms. The van der Waals surface area contributed by atoms with Crippen LogP contribution in [0.1, 0.15) is 16.1 Å². The molecule has 0 N–H and O–H groups in total. The first-order valence-corrected chi connectivity index (χ1v) is 8.52. The van der Waals surface area contributed by atoms with Gasteiger partial charge in [-0.1, -0.05) is 11.8 Å². The number of ether oxygens (including phenoxy) is 1. The number of benzene rings is 1. The Morgan fingerprint density at radius 3 is 2.48 bits per heavy atom. The summed E-state index contributed by atoms with van der Waals surface area (Å²) >= 11 is 1.02. The first-order valence-electron chi connectivity index (χ1n) is 7.53. The summed E-state index contributed by atoms with van der Waals surface area (Å²) in [4.78, 5) is 11.4. The van der Waals surface area contributed by atoms with Gasteiger partial charge in [0.1, 0.15) is 6.33 Å². The van der Waals surface area contributed by atoms with Gasteiger partial charge in [-0.15, -0.1) is 10.2 Å². The average Bonchev–Trinajstić information content (AvgIpc) is 3.38. The zero-order chi connectivity index (χ0) is 21.1. The lowest BCUT2D eigenvalue weighted by Crippen LogP contribution is -2.07. The number of thioether (sulfide) groups is 1. The Balaban J connectivity index is 1.78. The summed E-state index contributed by atoms with van der Waals surface area (Å²) in [5.74, 6) is -10.9. The molecule has 152 valence electrons. The Labute approximate surface area is 163 Å². The SMILES string of the molecule is COC(=O)c1ccn(CSc2nncn2N=Cc2c(F)c(F)c(F)c(F)c2F)n1. The van der Waals surface area contributed by atoms with Gasteiger partial charge in [0.05, 0.1) is 24.8 Å². The number of hydrogen-bond donors (Lipinski definition) is 0. The van der Waals surface area contributed by atoms with Crippen molar-refractivity contribution in [2.75, 3.05) is 7.11 Å². The van der Waals surface area contributed by atoms with Crippen molar-refractivity contribution in [3.8, 4) is 0 Å². The summed E-state index contributed by atoms with van der Waals surface area (Å²) in [6, 6.07) is 1.43. The summed E-state index contributed by atoms with van der Waals surface area (Å²) in [5, 5.41) is 15.0. The van der Waals surface area contributed by atoms with E-state index in [1.165, 1.54) is 24.1 Å². The van der Waals surface area contributed by atoms with Crippen LogP contribution in [0.15, 0.2) is 28.8 Å². The van der Waals surface area contributed by atoms with Gasteiger partial charge in [0.15, 0.2) is 29.0 Å². The van der Waals surface area contributed by atoms with Crippen molar-refractivity contribution < 1.29 is 31.5 Å². The van der Waals surface area contributed by atoms with Crippen LogP contribution in [-0.4, -0.2) is 43.9 Å². The number of esters is 1. The van der Waals surface area contributed by atoms with Crippen molar-refractivity contribution in [1.29, 1.82) is 0 Å². The number of rotatable bonds is 6. The van der Waals surface area contributed by atoms with Crippen molar-refractivity contribution in [3.63, 3.8) is 0 Å². The van der Waals surface area contributed by atoms with Crippen molar-refractivity contribution in [2.24, 2.45) is 5.10 Å². The second kappa shape index (κ2) is 8.38. The first-order chi connectivity index (χ1) is 13.8. The molecule has 0 unspecified atom stereocenters. The van der Waals surface area contributed by atoms with Crippen LogP contribution in [0.4, 0.5) is 22.0 Å². The maximum Gasteiger partial charge on any atom is 0.358 e. The van der Waals surface area contributed by atoms with E-state index in [2.05, 4.69) is 25.1 Å². The predicted octanol–water partition coefficient (Wildman–Crippen LogP) is 2.59. The molecule has 0 saturated carbocycles. The molecular formula is C15H9F5N6O2S. The Morgan fingerprint density at radius 2 is 1.83 bits per heavy atom. The summed E-state index contributed by atoms with van der Waals surface area (Å²) in [6.07, 6.45) is 3.03. The monoisotopic (exact) mass is 432 g/mol. The number of halogens is 5. The van der Waals surface area contributed by atoms with Crippen molar-refractivity contribution in [1.82, 2.24) is 24.7 Å². The third-order valence-corrected chi connectivity index (χ3v) is 4.34. The summed E-state index contributed by atoms with van der Waals surface area (Å²) < 4.78 is 73.8. The standard InChI is InChI=1S/C15H9F5N6O2S/c1-28-14(27)8-2-3-25(24-8)6-29-15-23-21-5-26(15)22-4-7-9(16)11(18)13(20)12(19)10(7)17/h2-5H,6H2,1H3. The first kappa shape index (κ1) is 20.4. The highest BCUT2D eigenvalue weighted by Gasteiger charge is 2.24.